The molecule has 3 aromatic rings. The molecule has 29 heavy (non-hydrogen) atoms. The molecule has 5 nitrogen and oxygen atoms in total. The van der Waals surface area contributed by atoms with Gasteiger partial charge in [-0.25, -0.2) is 0 Å². The summed E-state index contributed by atoms with van der Waals surface area (Å²) in [4.78, 5) is -0.940. The molecule has 3 aromatic carbocycles. The Labute approximate surface area is 167 Å². The third-order valence-electron chi connectivity index (χ3n) is 5.05. The predicted octanol–water partition coefficient (Wildman–Crippen LogP) is 3.73. The molecule has 4 rings (SSSR count). The fourth-order valence-corrected chi connectivity index (χ4v) is 4.58. The van der Waals surface area contributed by atoms with Crippen LogP contribution in [0.1, 0.15) is 16.7 Å². The van der Waals surface area contributed by atoms with Gasteiger partial charge in [0.25, 0.3) is 0 Å². The van der Waals surface area contributed by atoms with Crippen molar-refractivity contribution in [1.29, 1.82) is 0 Å². The van der Waals surface area contributed by atoms with Crippen LogP contribution in [-0.4, -0.2) is 23.4 Å². The zero-order valence-corrected chi connectivity index (χ0v) is 16.4. The van der Waals surface area contributed by atoms with E-state index in [0.717, 1.165) is 29.8 Å². The molecular formula is C20H14F2O5S2. The Balaban J connectivity index is 1.93. The topological polar surface area (TPSA) is 77.5 Å². The summed E-state index contributed by atoms with van der Waals surface area (Å²) >= 11 is 0. The van der Waals surface area contributed by atoms with Crippen LogP contribution >= 0.6 is 0 Å². The zero-order chi connectivity index (χ0) is 20.9. The average Bonchev–Trinajstić information content (AvgIpc) is 3.07. The number of ether oxygens (including phenoxy) is 1. The van der Waals surface area contributed by atoms with Crippen molar-refractivity contribution >= 4 is 20.4 Å². The molecule has 0 unspecified atom stereocenters. The van der Waals surface area contributed by atoms with Crippen molar-refractivity contribution in [2.24, 2.45) is 0 Å². The second-order valence-electron chi connectivity index (χ2n) is 6.61. The summed E-state index contributed by atoms with van der Waals surface area (Å²) in [5, 5.41) is 0. The molecule has 150 valence electrons. The van der Waals surface area contributed by atoms with Gasteiger partial charge in [0, 0.05) is 5.56 Å². The van der Waals surface area contributed by atoms with Gasteiger partial charge in [0.1, 0.15) is 12.4 Å². The van der Waals surface area contributed by atoms with Crippen molar-refractivity contribution in [3.63, 3.8) is 0 Å². The van der Waals surface area contributed by atoms with Crippen LogP contribution in [0, 0.1) is 0 Å². The Morgan fingerprint density at radius 1 is 0.690 bits per heavy atom. The molecule has 0 saturated heterocycles. The third-order valence-corrected chi connectivity index (χ3v) is 6.72. The predicted molar refractivity (Wildman–Crippen MR) is 101 cm³/mol. The first-order valence-electron chi connectivity index (χ1n) is 8.45. The third kappa shape index (κ3) is 3.30. The second-order valence-corrected chi connectivity index (χ2v) is 9.31. The van der Waals surface area contributed by atoms with Crippen molar-refractivity contribution in [2.45, 2.75) is 15.2 Å². The number of hydrogen-bond donors (Lipinski definition) is 0. The summed E-state index contributed by atoms with van der Waals surface area (Å²) in [6.07, 6.45) is 0. The Kier molecular flexibility index (Phi) is 4.47. The SMILES string of the molecule is O=S(=O)(F)c1ccc(C2(c3ccc(S(=O)(=O)F)cc3)COc3ccccc32)cc1. The highest BCUT2D eigenvalue weighted by Gasteiger charge is 2.44. The van der Waals surface area contributed by atoms with E-state index in [1.54, 1.807) is 12.1 Å². The fraction of sp³-hybridized carbons (Fsp3) is 0.100. The molecule has 0 fully saturated rings. The average molecular weight is 436 g/mol. The van der Waals surface area contributed by atoms with Crippen molar-refractivity contribution in [3.05, 3.63) is 89.5 Å². The summed E-state index contributed by atoms with van der Waals surface area (Å²) < 4.78 is 77.1. The number of fused-ring (bicyclic) bond motifs is 1. The minimum Gasteiger partial charge on any atom is -0.492 e. The van der Waals surface area contributed by atoms with Gasteiger partial charge in [-0.3, -0.25) is 0 Å². The molecule has 1 heterocycles. The number of rotatable bonds is 4. The Morgan fingerprint density at radius 3 is 1.59 bits per heavy atom. The van der Waals surface area contributed by atoms with Crippen LogP contribution in [0.3, 0.4) is 0 Å². The van der Waals surface area contributed by atoms with Gasteiger partial charge in [-0.1, -0.05) is 42.5 Å². The summed E-state index contributed by atoms with van der Waals surface area (Å²) in [6.45, 7) is 0.149. The lowest BCUT2D eigenvalue weighted by atomic mass is 9.71. The van der Waals surface area contributed by atoms with E-state index in [-0.39, 0.29) is 6.61 Å². The van der Waals surface area contributed by atoms with Crippen molar-refractivity contribution in [1.82, 2.24) is 0 Å². The number of benzene rings is 3. The van der Waals surface area contributed by atoms with E-state index in [9.17, 15) is 24.6 Å². The quantitative estimate of drug-likeness (QED) is 0.583. The highest BCUT2D eigenvalue weighted by atomic mass is 32.3. The van der Waals surface area contributed by atoms with E-state index < -0.39 is 35.7 Å². The number of hydrogen-bond acceptors (Lipinski definition) is 5. The van der Waals surface area contributed by atoms with E-state index in [2.05, 4.69) is 0 Å². The van der Waals surface area contributed by atoms with Crippen LogP contribution < -0.4 is 4.74 Å². The maximum absolute atomic E-state index is 13.3. The van der Waals surface area contributed by atoms with Crippen LogP contribution in [-0.2, 0) is 25.9 Å². The van der Waals surface area contributed by atoms with Crippen molar-refractivity contribution in [2.75, 3.05) is 6.61 Å². The molecule has 1 aliphatic heterocycles. The first-order chi connectivity index (χ1) is 13.6. The summed E-state index contributed by atoms with van der Waals surface area (Å²) in [7, 11) is -9.70. The second kappa shape index (κ2) is 6.64. The van der Waals surface area contributed by atoms with E-state index in [1.807, 2.05) is 12.1 Å². The zero-order valence-electron chi connectivity index (χ0n) is 14.7. The Hall–Kier alpha value is -2.78. The van der Waals surface area contributed by atoms with Crippen molar-refractivity contribution in [3.8, 4) is 5.75 Å². The van der Waals surface area contributed by atoms with E-state index in [1.165, 1.54) is 24.3 Å². The normalized spacial score (nSPS) is 15.5. The molecule has 1 aliphatic rings. The highest BCUT2D eigenvalue weighted by molar-refractivity contribution is 7.86. The van der Waals surface area contributed by atoms with E-state index in [0.29, 0.717) is 16.9 Å². The van der Waals surface area contributed by atoms with Gasteiger partial charge in [0.05, 0.1) is 15.2 Å². The Bertz CT molecular complexity index is 1210. The number of para-hydroxylation sites is 1. The largest absolute Gasteiger partial charge is 0.492 e. The monoisotopic (exact) mass is 436 g/mol. The van der Waals surface area contributed by atoms with Crippen LogP contribution in [0.15, 0.2) is 82.6 Å². The van der Waals surface area contributed by atoms with Gasteiger partial charge in [-0.15, -0.1) is 7.77 Å². The van der Waals surface area contributed by atoms with Gasteiger partial charge in [-0.2, -0.15) is 16.8 Å². The molecule has 0 atom stereocenters. The first kappa shape index (κ1) is 19.5. The van der Waals surface area contributed by atoms with Crippen molar-refractivity contribution < 1.29 is 29.3 Å². The van der Waals surface area contributed by atoms with E-state index >= 15 is 0 Å². The minimum atomic E-state index is -4.85. The molecule has 0 saturated carbocycles. The molecule has 0 N–H and O–H groups in total. The van der Waals surface area contributed by atoms with Gasteiger partial charge in [0.15, 0.2) is 0 Å². The molecule has 0 aliphatic carbocycles. The smallest absolute Gasteiger partial charge is 0.332 e. The van der Waals surface area contributed by atoms with Gasteiger partial charge >= 0.3 is 20.4 Å². The maximum Gasteiger partial charge on any atom is 0.332 e. The Morgan fingerprint density at radius 2 is 1.14 bits per heavy atom. The molecule has 9 heteroatoms. The van der Waals surface area contributed by atoms with Crippen LogP contribution in [0.4, 0.5) is 7.77 Å². The standard InChI is InChI=1S/C20H14F2O5S2/c21-28(23,24)16-9-5-14(6-10-16)20(13-27-19-4-2-1-3-18(19)20)15-7-11-17(12-8-15)29(22,25)26/h1-12H,13H2. The molecule has 0 radical (unpaired) electrons. The fourth-order valence-electron chi connectivity index (χ4n) is 3.66. The number of halogens is 2. The van der Waals surface area contributed by atoms with Gasteiger partial charge < -0.3 is 4.74 Å². The maximum atomic E-state index is 13.3. The lowest BCUT2D eigenvalue weighted by Gasteiger charge is -2.29. The van der Waals surface area contributed by atoms with Crippen LogP contribution in [0.5, 0.6) is 5.75 Å². The summed E-state index contributed by atoms with van der Waals surface area (Å²) in [5.74, 6) is 0.608. The minimum absolute atomic E-state index is 0.149. The molecule has 0 aromatic heterocycles. The van der Waals surface area contributed by atoms with Crippen LogP contribution in [0.2, 0.25) is 0 Å². The van der Waals surface area contributed by atoms with E-state index in [4.69, 9.17) is 4.74 Å². The van der Waals surface area contributed by atoms with Gasteiger partial charge in [-0.05, 0) is 41.5 Å². The molecule has 0 bridgehead atoms. The summed E-state index contributed by atoms with van der Waals surface area (Å²) in [5.41, 5.74) is 1.09. The highest BCUT2D eigenvalue weighted by Crippen LogP contribution is 2.48. The molecule has 0 spiro atoms. The molecule has 0 amide bonds. The lowest BCUT2D eigenvalue weighted by molar-refractivity contribution is 0.313. The summed E-state index contributed by atoms with van der Waals surface area (Å²) in [6, 6.07) is 17.8. The van der Waals surface area contributed by atoms with Gasteiger partial charge in [0.2, 0.25) is 0 Å². The molecular weight excluding hydrogens is 422 g/mol. The van der Waals surface area contributed by atoms with Crippen LogP contribution in [0.25, 0.3) is 0 Å². The lowest BCUT2D eigenvalue weighted by Crippen LogP contribution is -2.31. The first-order valence-corrected chi connectivity index (χ1v) is 11.2.